The summed E-state index contributed by atoms with van der Waals surface area (Å²) >= 11 is 0. The zero-order valence-corrected chi connectivity index (χ0v) is 15.8. The quantitative estimate of drug-likeness (QED) is 0.478. The summed E-state index contributed by atoms with van der Waals surface area (Å²) in [6, 6.07) is 18.9. The summed E-state index contributed by atoms with van der Waals surface area (Å²) in [5.74, 6) is 1.56. The first-order valence-electron chi connectivity index (χ1n) is 8.94. The van der Waals surface area contributed by atoms with Crippen LogP contribution in [0.2, 0.25) is 0 Å². The average molecular weight is 378 g/mol. The van der Waals surface area contributed by atoms with Gasteiger partial charge in [-0.3, -0.25) is 4.79 Å². The third kappa shape index (κ3) is 4.79. The number of fused-ring (bicyclic) bond motifs is 1. The van der Waals surface area contributed by atoms with Crippen molar-refractivity contribution in [1.82, 2.24) is 5.43 Å². The zero-order chi connectivity index (χ0) is 19.8. The summed E-state index contributed by atoms with van der Waals surface area (Å²) in [6.45, 7) is 2.31. The number of nitrogens with zero attached hydrogens (tertiary/aromatic N) is 1. The van der Waals surface area contributed by atoms with Crippen molar-refractivity contribution in [3.8, 4) is 17.2 Å². The van der Waals surface area contributed by atoms with Crippen LogP contribution in [0.25, 0.3) is 10.8 Å². The second-order valence-corrected chi connectivity index (χ2v) is 5.89. The van der Waals surface area contributed by atoms with Crippen LogP contribution in [0, 0.1) is 0 Å². The van der Waals surface area contributed by atoms with Crippen LogP contribution in [0.1, 0.15) is 12.5 Å². The number of nitrogens with one attached hydrogen (secondary N) is 1. The van der Waals surface area contributed by atoms with Gasteiger partial charge >= 0.3 is 0 Å². The Labute approximate surface area is 163 Å². The second kappa shape index (κ2) is 9.41. The van der Waals surface area contributed by atoms with E-state index in [1.807, 2.05) is 43.3 Å². The highest BCUT2D eigenvalue weighted by Crippen LogP contribution is 2.26. The summed E-state index contributed by atoms with van der Waals surface area (Å²) in [5, 5.41) is 6.14. The lowest BCUT2D eigenvalue weighted by molar-refractivity contribution is -0.123. The van der Waals surface area contributed by atoms with E-state index in [-0.39, 0.29) is 12.5 Å². The molecule has 0 bridgehead atoms. The van der Waals surface area contributed by atoms with Crippen LogP contribution < -0.4 is 19.6 Å². The molecule has 6 nitrogen and oxygen atoms in total. The van der Waals surface area contributed by atoms with Gasteiger partial charge in [0.2, 0.25) is 0 Å². The molecule has 0 unspecified atom stereocenters. The molecule has 144 valence electrons. The number of rotatable bonds is 8. The lowest BCUT2D eigenvalue weighted by Gasteiger charge is -2.10. The molecule has 0 aliphatic rings. The van der Waals surface area contributed by atoms with E-state index in [4.69, 9.17) is 14.2 Å². The van der Waals surface area contributed by atoms with Gasteiger partial charge in [-0.2, -0.15) is 5.10 Å². The molecule has 0 fully saturated rings. The minimum atomic E-state index is -0.364. The van der Waals surface area contributed by atoms with E-state index in [1.54, 1.807) is 37.6 Å². The molecule has 1 N–H and O–H groups in total. The maximum Gasteiger partial charge on any atom is 0.277 e. The lowest BCUT2D eigenvalue weighted by Crippen LogP contribution is -2.24. The fourth-order valence-electron chi connectivity index (χ4n) is 2.73. The highest BCUT2D eigenvalue weighted by molar-refractivity contribution is 6.02. The van der Waals surface area contributed by atoms with Crippen LogP contribution >= 0.6 is 0 Å². The van der Waals surface area contributed by atoms with Crippen LogP contribution in [0.3, 0.4) is 0 Å². The van der Waals surface area contributed by atoms with Gasteiger partial charge < -0.3 is 14.2 Å². The minimum Gasteiger partial charge on any atom is -0.497 e. The van der Waals surface area contributed by atoms with Crippen molar-refractivity contribution < 1.29 is 19.0 Å². The van der Waals surface area contributed by atoms with Gasteiger partial charge in [0.1, 0.15) is 17.2 Å². The van der Waals surface area contributed by atoms with Gasteiger partial charge in [0.25, 0.3) is 5.91 Å². The number of benzene rings is 3. The van der Waals surface area contributed by atoms with Crippen molar-refractivity contribution in [2.24, 2.45) is 5.10 Å². The maximum atomic E-state index is 12.0. The Hall–Kier alpha value is -3.54. The first kappa shape index (κ1) is 19.2. The first-order valence-corrected chi connectivity index (χ1v) is 8.94. The molecule has 0 spiro atoms. The molecular formula is C22H22N2O4. The summed E-state index contributed by atoms with van der Waals surface area (Å²) in [7, 11) is 1.57. The summed E-state index contributed by atoms with van der Waals surface area (Å²) in [5.41, 5.74) is 3.30. The molecule has 0 saturated heterocycles. The van der Waals surface area contributed by atoms with Gasteiger partial charge in [0, 0.05) is 11.6 Å². The average Bonchev–Trinajstić information content (AvgIpc) is 2.74. The molecule has 3 aromatic carbocycles. The van der Waals surface area contributed by atoms with E-state index < -0.39 is 0 Å². The third-order valence-corrected chi connectivity index (χ3v) is 4.02. The fourth-order valence-corrected chi connectivity index (χ4v) is 2.73. The minimum absolute atomic E-state index is 0.154. The number of hydrogen-bond acceptors (Lipinski definition) is 5. The monoisotopic (exact) mass is 378 g/mol. The number of hydrazone groups is 1. The number of amides is 1. The van der Waals surface area contributed by atoms with E-state index in [0.717, 1.165) is 16.3 Å². The van der Waals surface area contributed by atoms with Crippen molar-refractivity contribution in [3.05, 3.63) is 66.2 Å². The largest absolute Gasteiger partial charge is 0.497 e. The summed E-state index contributed by atoms with van der Waals surface area (Å²) < 4.78 is 16.3. The molecule has 0 atom stereocenters. The molecule has 0 aliphatic heterocycles. The highest BCUT2D eigenvalue weighted by atomic mass is 16.5. The normalized spacial score (nSPS) is 10.8. The zero-order valence-electron chi connectivity index (χ0n) is 15.8. The molecule has 3 rings (SSSR count). The summed E-state index contributed by atoms with van der Waals surface area (Å²) in [4.78, 5) is 12.0. The molecule has 1 amide bonds. The molecule has 0 heterocycles. The molecule has 0 aliphatic carbocycles. The van der Waals surface area contributed by atoms with Crippen LogP contribution in [0.4, 0.5) is 0 Å². The molecule has 0 radical (unpaired) electrons. The van der Waals surface area contributed by atoms with Gasteiger partial charge in [-0.25, -0.2) is 5.43 Å². The van der Waals surface area contributed by atoms with Gasteiger partial charge in [0.05, 0.1) is 19.9 Å². The van der Waals surface area contributed by atoms with E-state index in [2.05, 4.69) is 10.5 Å². The Morgan fingerprint density at radius 3 is 2.68 bits per heavy atom. The van der Waals surface area contributed by atoms with Crippen LogP contribution in [0.5, 0.6) is 17.2 Å². The van der Waals surface area contributed by atoms with Crippen molar-refractivity contribution >= 4 is 22.9 Å². The molecule has 3 aromatic rings. The van der Waals surface area contributed by atoms with Gasteiger partial charge in [-0.15, -0.1) is 0 Å². The van der Waals surface area contributed by atoms with Gasteiger partial charge in [-0.05, 0) is 35.9 Å². The van der Waals surface area contributed by atoms with Crippen LogP contribution in [-0.2, 0) is 4.79 Å². The number of carbonyl (C=O) groups is 1. The Morgan fingerprint density at radius 1 is 1.04 bits per heavy atom. The van der Waals surface area contributed by atoms with Crippen LogP contribution in [0.15, 0.2) is 65.8 Å². The predicted octanol–water partition coefficient (Wildman–Crippen LogP) is 3.78. The smallest absolute Gasteiger partial charge is 0.277 e. The first-order chi connectivity index (χ1) is 13.7. The lowest BCUT2D eigenvalue weighted by atomic mass is 10.0. The topological polar surface area (TPSA) is 69.2 Å². The van der Waals surface area contributed by atoms with Crippen molar-refractivity contribution in [2.45, 2.75) is 6.92 Å². The Balaban J connectivity index is 1.66. The second-order valence-electron chi connectivity index (χ2n) is 5.89. The summed E-state index contributed by atoms with van der Waals surface area (Å²) in [6.07, 6.45) is 1.59. The molecule has 28 heavy (non-hydrogen) atoms. The van der Waals surface area contributed by atoms with E-state index in [0.29, 0.717) is 23.9 Å². The highest BCUT2D eigenvalue weighted by Gasteiger charge is 2.07. The maximum absolute atomic E-state index is 12.0. The van der Waals surface area contributed by atoms with Gasteiger partial charge in [-0.1, -0.05) is 36.4 Å². The van der Waals surface area contributed by atoms with E-state index >= 15 is 0 Å². The Morgan fingerprint density at radius 2 is 1.86 bits per heavy atom. The van der Waals surface area contributed by atoms with Crippen molar-refractivity contribution in [2.75, 3.05) is 20.3 Å². The number of ether oxygens (including phenoxy) is 3. The number of hydrogen-bond donors (Lipinski definition) is 1. The predicted molar refractivity (Wildman–Crippen MR) is 109 cm³/mol. The Bertz CT molecular complexity index is 985. The Kier molecular flexibility index (Phi) is 6.46. The molecule has 0 aromatic heterocycles. The van der Waals surface area contributed by atoms with Gasteiger partial charge in [0.15, 0.2) is 6.61 Å². The van der Waals surface area contributed by atoms with E-state index in [9.17, 15) is 4.79 Å². The molecule has 6 heteroatoms. The third-order valence-electron chi connectivity index (χ3n) is 4.02. The molecule has 0 saturated carbocycles. The standard InChI is InChI=1S/C22H22N2O4/c1-3-27-21-12-11-16-7-4-5-10-19(16)20(21)14-23-24-22(25)15-28-18-9-6-8-17(13-18)26-2/h4-14H,3,15H2,1-2H3,(H,24,25)/b23-14+. The fraction of sp³-hybridized carbons (Fsp3) is 0.182. The molecular weight excluding hydrogens is 356 g/mol. The van der Waals surface area contributed by atoms with Crippen LogP contribution in [-0.4, -0.2) is 32.4 Å². The number of methoxy groups -OCH3 is 1. The van der Waals surface area contributed by atoms with Crippen molar-refractivity contribution in [1.29, 1.82) is 0 Å². The van der Waals surface area contributed by atoms with Crippen molar-refractivity contribution in [3.63, 3.8) is 0 Å². The van der Waals surface area contributed by atoms with E-state index in [1.165, 1.54) is 0 Å². The SMILES string of the molecule is CCOc1ccc2ccccc2c1/C=N/NC(=O)COc1cccc(OC)c1. The number of carbonyl (C=O) groups excluding carboxylic acids is 1.